The van der Waals surface area contributed by atoms with E-state index in [0.29, 0.717) is 0 Å². The lowest BCUT2D eigenvalue weighted by Crippen LogP contribution is -2.22. The Morgan fingerprint density at radius 3 is 1.67 bits per heavy atom. The van der Waals surface area contributed by atoms with Gasteiger partial charge in [0.1, 0.15) is 0 Å². The molecule has 0 rings (SSSR count). The van der Waals surface area contributed by atoms with Crippen molar-refractivity contribution in [1.82, 2.24) is 5.32 Å². The number of nitrogens with one attached hydrogen (secondary N) is 1. The highest BCUT2D eigenvalue weighted by Gasteiger charge is 2.27. The molecule has 0 saturated carbocycles. The summed E-state index contributed by atoms with van der Waals surface area (Å²) in [7, 11) is 0. The topological polar surface area (TPSA) is 12.0 Å². The van der Waals surface area contributed by atoms with Gasteiger partial charge in [0.05, 0.1) is 0 Å². The zero-order chi connectivity index (χ0) is 16.7. The van der Waals surface area contributed by atoms with Gasteiger partial charge in [-0.1, -0.05) is 65.8 Å². The second kappa shape index (κ2) is 8.26. The minimum atomic E-state index is 0.146. The van der Waals surface area contributed by atoms with Crippen molar-refractivity contribution in [3.8, 4) is 0 Å². The van der Waals surface area contributed by atoms with E-state index in [1.807, 2.05) is 6.92 Å². The van der Waals surface area contributed by atoms with E-state index >= 15 is 0 Å². The Balaban J connectivity index is 5.34. The van der Waals surface area contributed by atoms with Crippen LogP contribution in [0.3, 0.4) is 0 Å². The minimum Gasteiger partial charge on any atom is -0.382 e. The van der Waals surface area contributed by atoms with Gasteiger partial charge in [-0.05, 0) is 48.8 Å². The molecule has 0 radical (unpaired) electrons. The summed E-state index contributed by atoms with van der Waals surface area (Å²) in [5.74, 6) is 0. The van der Waals surface area contributed by atoms with Crippen LogP contribution in [0.4, 0.5) is 0 Å². The molecule has 0 fully saturated rings. The van der Waals surface area contributed by atoms with E-state index in [9.17, 15) is 0 Å². The Morgan fingerprint density at radius 2 is 1.33 bits per heavy atom. The smallest absolute Gasteiger partial charge is 0.0336 e. The van der Waals surface area contributed by atoms with Crippen LogP contribution in [0.1, 0.15) is 62.3 Å². The van der Waals surface area contributed by atoms with Crippen molar-refractivity contribution in [2.75, 3.05) is 6.54 Å². The third kappa shape index (κ3) is 6.84. The van der Waals surface area contributed by atoms with Crippen LogP contribution in [0, 0.1) is 10.8 Å². The van der Waals surface area contributed by atoms with Crippen molar-refractivity contribution < 1.29 is 0 Å². The van der Waals surface area contributed by atoms with Gasteiger partial charge < -0.3 is 5.32 Å². The van der Waals surface area contributed by atoms with E-state index in [1.54, 1.807) is 0 Å². The second-order valence-corrected chi connectivity index (χ2v) is 7.45. The van der Waals surface area contributed by atoms with Crippen molar-refractivity contribution in [1.29, 1.82) is 0 Å². The fourth-order valence-electron chi connectivity index (χ4n) is 2.52. The van der Waals surface area contributed by atoms with Gasteiger partial charge in [0.25, 0.3) is 0 Å². The van der Waals surface area contributed by atoms with Crippen molar-refractivity contribution in [3.05, 3.63) is 47.2 Å². The summed E-state index contributed by atoms with van der Waals surface area (Å²) < 4.78 is 0. The van der Waals surface area contributed by atoms with Crippen molar-refractivity contribution in [2.45, 2.75) is 62.3 Å². The van der Waals surface area contributed by atoms with Crippen molar-refractivity contribution in [2.24, 2.45) is 10.8 Å². The molecule has 21 heavy (non-hydrogen) atoms. The molecule has 0 bridgehead atoms. The molecule has 0 aliphatic rings. The van der Waals surface area contributed by atoms with Gasteiger partial charge in [0, 0.05) is 12.2 Å². The molecular weight excluding hydrogens is 254 g/mol. The molecule has 0 aromatic rings. The van der Waals surface area contributed by atoms with Crippen molar-refractivity contribution >= 4 is 0 Å². The molecule has 0 saturated heterocycles. The minimum absolute atomic E-state index is 0.146. The molecule has 120 valence electrons. The number of rotatable bonds is 5. The summed E-state index contributed by atoms with van der Waals surface area (Å²) in [6.07, 6.45) is 10.9. The molecule has 0 aromatic carbocycles. The maximum absolute atomic E-state index is 3.47. The van der Waals surface area contributed by atoms with Crippen LogP contribution < -0.4 is 5.32 Å². The predicted molar refractivity (Wildman–Crippen MR) is 97.3 cm³/mol. The maximum atomic E-state index is 3.47. The first-order valence-electron chi connectivity index (χ1n) is 7.98. The summed E-state index contributed by atoms with van der Waals surface area (Å²) in [5, 5.41) is 3.47. The van der Waals surface area contributed by atoms with Gasteiger partial charge in [-0.25, -0.2) is 0 Å². The monoisotopic (exact) mass is 289 g/mol. The van der Waals surface area contributed by atoms with Crippen LogP contribution in [-0.2, 0) is 0 Å². The molecule has 0 heterocycles. The highest BCUT2D eigenvalue weighted by Crippen LogP contribution is 2.40. The van der Waals surface area contributed by atoms with Gasteiger partial charge in [-0.3, -0.25) is 0 Å². The van der Waals surface area contributed by atoms with Crippen LogP contribution >= 0.6 is 0 Å². The molecule has 1 N–H and O–H groups in total. The lowest BCUT2D eigenvalue weighted by molar-refractivity contribution is 0.444. The Kier molecular flexibility index (Phi) is 7.78. The fraction of sp³-hybridized carbons (Fsp3) is 0.600. The lowest BCUT2D eigenvalue weighted by atomic mass is 9.72. The Labute approximate surface area is 132 Å². The number of hydrogen-bond donors (Lipinski definition) is 1. The predicted octanol–water partition coefficient (Wildman–Crippen LogP) is 6.02. The van der Waals surface area contributed by atoms with E-state index < -0.39 is 0 Å². The highest BCUT2D eigenvalue weighted by molar-refractivity contribution is 5.39. The van der Waals surface area contributed by atoms with E-state index in [4.69, 9.17) is 0 Å². The maximum Gasteiger partial charge on any atom is 0.0336 e. The summed E-state index contributed by atoms with van der Waals surface area (Å²) >= 11 is 0. The molecule has 0 amide bonds. The van der Waals surface area contributed by atoms with Crippen LogP contribution in [0.15, 0.2) is 47.2 Å². The zero-order valence-corrected chi connectivity index (χ0v) is 15.6. The quantitative estimate of drug-likeness (QED) is 0.610. The highest BCUT2D eigenvalue weighted by atomic mass is 14.9. The van der Waals surface area contributed by atoms with E-state index in [2.05, 4.69) is 91.1 Å². The lowest BCUT2D eigenvalue weighted by Gasteiger charge is -2.33. The third-order valence-corrected chi connectivity index (χ3v) is 3.46. The summed E-state index contributed by atoms with van der Waals surface area (Å²) in [6, 6.07) is 0. The third-order valence-electron chi connectivity index (χ3n) is 3.46. The van der Waals surface area contributed by atoms with E-state index in [1.165, 1.54) is 16.8 Å². The summed E-state index contributed by atoms with van der Waals surface area (Å²) in [5.41, 5.74) is 4.35. The van der Waals surface area contributed by atoms with Gasteiger partial charge >= 0.3 is 0 Å². The summed E-state index contributed by atoms with van der Waals surface area (Å²) in [4.78, 5) is 0. The fourth-order valence-corrected chi connectivity index (χ4v) is 2.52. The van der Waals surface area contributed by atoms with Crippen LogP contribution in [0.5, 0.6) is 0 Å². The average Bonchev–Trinajstić information content (AvgIpc) is 2.33. The van der Waals surface area contributed by atoms with Gasteiger partial charge in [-0.15, -0.1) is 0 Å². The second-order valence-electron chi connectivity index (χ2n) is 7.45. The normalized spacial score (nSPS) is 15.8. The van der Waals surface area contributed by atoms with E-state index in [-0.39, 0.29) is 10.8 Å². The molecule has 0 atom stereocenters. The zero-order valence-electron chi connectivity index (χ0n) is 15.6. The summed E-state index contributed by atoms with van der Waals surface area (Å²) in [6.45, 7) is 20.8. The molecule has 0 aliphatic heterocycles. The molecular formula is C20H35N. The van der Waals surface area contributed by atoms with Crippen LogP contribution in [0.25, 0.3) is 0 Å². The molecule has 0 unspecified atom stereocenters. The van der Waals surface area contributed by atoms with Gasteiger partial charge in [0.15, 0.2) is 0 Å². The van der Waals surface area contributed by atoms with Gasteiger partial charge in [-0.2, -0.15) is 0 Å². The first-order valence-corrected chi connectivity index (χ1v) is 7.98. The first kappa shape index (κ1) is 19.8. The molecule has 0 aliphatic carbocycles. The molecule has 0 aromatic heterocycles. The van der Waals surface area contributed by atoms with Crippen LogP contribution in [0.2, 0.25) is 0 Å². The van der Waals surface area contributed by atoms with Crippen LogP contribution in [-0.4, -0.2) is 6.54 Å². The molecule has 0 spiro atoms. The average molecular weight is 290 g/mol. The van der Waals surface area contributed by atoms with Gasteiger partial charge in [0.2, 0.25) is 0 Å². The Morgan fingerprint density at radius 1 is 0.810 bits per heavy atom. The number of hydrogen-bond acceptors (Lipinski definition) is 1. The molecule has 1 nitrogen and oxygen atoms in total. The van der Waals surface area contributed by atoms with E-state index in [0.717, 1.165) is 6.54 Å². The standard InChI is InChI=1S/C20H35N/c1-10-13-16(11-2)21-15-14-18(20(7,8)9)17(12-3)19(4,5)6/h10-14,21H,15H2,1-9H3/b13-10-,16-11+,17-12+,18-14+. The Hall–Kier alpha value is -1.24. The number of allylic oxidation sites excluding steroid dienone is 6. The van der Waals surface area contributed by atoms with Crippen molar-refractivity contribution in [3.63, 3.8) is 0 Å². The SMILES string of the molecule is C/C=C\C(=C/C)NC/C=C(\C(=C/C)C(C)(C)C)C(C)(C)C. The molecule has 1 heteroatoms. The first-order chi connectivity index (χ1) is 9.57. The largest absolute Gasteiger partial charge is 0.382 e. The Bertz CT molecular complexity index is 431.